The molecule has 0 amide bonds. The first-order valence-electron chi connectivity index (χ1n) is 6.56. The predicted octanol–water partition coefficient (Wildman–Crippen LogP) is -1.88. The van der Waals surface area contributed by atoms with Crippen molar-refractivity contribution < 1.29 is 38.5 Å². The topological polar surface area (TPSA) is 177 Å². The lowest BCUT2D eigenvalue weighted by molar-refractivity contribution is -0.0524. The molecule has 1 aromatic heterocycles. The van der Waals surface area contributed by atoms with Gasteiger partial charge >= 0.3 is 19.0 Å². The van der Waals surface area contributed by atoms with Gasteiger partial charge in [-0.05, 0) is 0 Å². The zero-order chi connectivity index (χ0) is 18.1. The van der Waals surface area contributed by atoms with E-state index in [9.17, 15) is 34.1 Å². The zero-order valence-electron chi connectivity index (χ0n) is 12.3. The molecule has 0 radical (unpaired) electrons. The molecule has 1 saturated heterocycles. The average molecular weight is 366 g/mol. The molecule has 1 aliphatic heterocycles. The molecule has 5 atom stereocenters. The number of carbonyl (C=O) groups excluding carboxylic acids is 1. The second kappa shape index (κ2) is 6.97. The van der Waals surface area contributed by atoms with Gasteiger partial charge in [0, 0.05) is 12.3 Å². The molecule has 1 fully saturated rings. The quantitative estimate of drug-likeness (QED) is 0.431. The summed E-state index contributed by atoms with van der Waals surface area (Å²) in [6.45, 7) is -0.726. The second-order valence-electron chi connectivity index (χ2n) is 4.85. The van der Waals surface area contributed by atoms with Gasteiger partial charge in [-0.15, -0.1) is 0 Å². The smallest absolute Gasteiger partial charge is 0.435 e. The van der Waals surface area contributed by atoms with E-state index in [0.29, 0.717) is 0 Å². The molecule has 13 heteroatoms. The number of hydrogen-bond donors (Lipinski definition) is 4. The lowest BCUT2D eigenvalue weighted by Gasteiger charge is -2.17. The van der Waals surface area contributed by atoms with E-state index in [1.807, 2.05) is 4.98 Å². The normalized spacial score (nSPS) is 29.2. The molecule has 1 aliphatic rings. The summed E-state index contributed by atoms with van der Waals surface area (Å²) in [6.07, 6.45) is -4.79. The zero-order valence-corrected chi connectivity index (χ0v) is 13.2. The molecular weight excluding hydrogens is 351 g/mol. The number of hydrogen-bond acceptors (Lipinski definition) is 9. The fourth-order valence-electron chi connectivity index (χ4n) is 2.07. The van der Waals surface area contributed by atoms with Gasteiger partial charge in [0.05, 0.1) is 13.7 Å². The number of rotatable bonds is 5. The van der Waals surface area contributed by atoms with E-state index >= 15 is 0 Å². The molecule has 2 rings (SSSR count). The third-order valence-electron chi connectivity index (χ3n) is 3.28. The minimum atomic E-state index is -4.74. The molecule has 0 spiro atoms. The van der Waals surface area contributed by atoms with Crippen LogP contribution in [0, 0.1) is 0 Å². The number of aromatic amines is 1. The molecule has 1 unspecified atom stereocenters. The molecule has 134 valence electrons. The van der Waals surface area contributed by atoms with E-state index < -0.39 is 55.7 Å². The first-order chi connectivity index (χ1) is 11.2. The second-order valence-corrected chi connectivity index (χ2v) is 6.51. The highest BCUT2D eigenvalue weighted by molar-refractivity contribution is 7.70. The largest absolute Gasteiger partial charge is 0.460 e. The summed E-state index contributed by atoms with van der Waals surface area (Å²) < 4.78 is 26.2. The minimum absolute atomic E-state index is 0.663. The Labute approximate surface area is 133 Å². The molecular formula is C11H15N2O10P. The number of aliphatic hydroxyl groups excluding tert-OH is 2. The van der Waals surface area contributed by atoms with E-state index in [1.54, 1.807) is 0 Å². The third-order valence-corrected chi connectivity index (χ3v) is 4.42. The number of carbonyl (C=O) groups is 1. The summed E-state index contributed by atoms with van der Waals surface area (Å²) >= 11 is 0. The van der Waals surface area contributed by atoms with Crippen molar-refractivity contribution in [3.63, 3.8) is 0 Å². The number of H-pyrrole nitrogens is 1. The van der Waals surface area contributed by atoms with E-state index in [4.69, 9.17) is 4.74 Å². The van der Waals surface area contributed by atoms with Crippen molar-refractivity contribution in [1.82, 2.24) is 9.55 Å². The van der Waals surface area contributed by atoms with Gasteiger partial charge in [0.15, 0.2) is 6.23 Å². The van der Waals surface area contributed by atoms with Crippen LogP contribution in [0.3, 0.4) is 0 Å². The number of nitrogens with one attached hydrogen (secondary N) is 1. The Morgan fingerprint density at radius 2 is 2.08 bits per heavy atom. The monoisotopic (exact) mass is 366 g/mol. The van der Waals surface area contributed by atoms with Crippen molar-refractivity contribution in [2.75, 3.05) is 13.7 Å². The molecule has 0 saturated carbocycles. The van der Waals surface area contributed by atoms with Crippen LogP contribution in [0.4, 0.5) is 4.79 Å². The Kier molecular flexibility index (Phi) is 5.38. The van der Waals surface area contributed by atoms with Crippen LogP contribution in [0.2, 0.25) is 0 Å². The summed E-state index contributed by atoms with van der Waals surface area (Å²) in [6, 6.07) is 1.01. The maximum absolute atomic E-state index is 11.7. The van der Waals surface area contributed by atoms with Crippen molar-refractivity contribution in [2.45, 2.75) is 24.5 Å². The molecule has 4 N–H and O–H groups in total. The Morgan fingerprint density at radius 3 is 2.67 bits per heavy atom. The first-order valence-corrected chi connectivity index (χ1v) is 8.14. The van der Waals surface area contributed by atoms with Crippen molar-refractivity contribution >= 4 is 13.3 Å². The summed E-state index contributed by atoms with van der Waals surface area (Å²) in [5.74, 6) is 0. The van der Waals surface area contributed by atoms with Crippen LogP contribution in [0.25, 0.3) is 0 Å². The van der Waals surface area contributed by atoms with Crippen LogP contribution in [-0.4, -0.2) is 62.4 Å². The fourth-order valence-corrected chi connectivity index (χ4v) is 2.75. The Hall–Kier alpha value is -1.82. The van der Waals surface area contributed by atoms with Gasteiger partial charge in [0.1, 0.15) is 18.3 Å². The summed E-state index contributed by atoms with van der Waals surface area (Å²) in [7, 11) is -3.85. The maximum atomic E-state index is 11.7. The highest BCUT2D eigenvalue weighted by Crippen LogP contribution is 2.44. The van der Waals surface area contributed by atoms with Crippen molar-refractivity contribution in [3.8, 4) is 0 Å². The highest BCUT2D eigenvalue weighted by Gasteiger charge is 2.45. The Morgan fingerprint density at radius 1 is 1.42 bits per heavy atom. The summed E-state index contributed by atoms with van der Waals surface area (Å²) in [5.41, 5.74) is -3.05. The lowest BCUT2D eigenvalue weighted by atomic mass is 10.1. The van der Waals surface area contributed by atoms with Crippen molar-refractivity contribution in [3.05, 3.63) is 33.1 Å². The molecule has 0 bridgehead atoms. The van der Waals surface area contributed by atoms with E-state index in [-0.39, 0.29) is 0 Å². The molecule has 24 heavy (non-hydrogen) atoms. The van der Waals surface area contributed by atoms with Crippen LogP contribution in [-0.2, 0) is 18.6 Å². The van der Waals surface area contributed by atoms with Crippen molar-refractivity contribution in [1.29, 1.82) is 0 Å². The summed E-state index contributed by atoms with van der Waals surface area (Å²) in [5, 5.41) is 19.9. The van der Waals surface area contributed by atoms with Gasteiger partial charge in [0.25, 0.3) is 5.56 Å². The Bertz CT molecular complexity index is 773. The SMILES string of the molecule is COC(=O)P(=O)(O)OC[C@H]1O[C@@H](n2ccc(=O)[nH]c2=O)[C@H](O)[C@@H]1O. The van der Waals surface area contributed by atoms with Gasteiger partial charge in [-0.1, -0.05) is 0 Å². The molecule has 0 aromatic carbocycles. The van der Waals surface area contributed by atoms with Crippen LogP contribution < -0.4 is 11.2 Å². The number of aromatic nitrogens is 2. The maximum Gasteiger partial charge on any atom is 0.435 e. The van der Waals surface area contributed by atoms with Gasteiger partial charge in [-0.3, -0.25) is 18.9 Å². The van der Waals surface area contributed by atoms with Crippen LogP contribution in [0.1, 0.15) is 6.23 Å². The number of ether oxygens (including phenoxy) is 2. The van der Waals surface area contributed by atoms with Crippen LogP contribution in [0.15, 0.2) is 21.9 Å². The van der Waals surface area contributed by atoms with Crippen LogP contribution >= 0.6 is 7.60 Å². The van der Waals surface area contributed by atoms with Crippen LogP contribution in [0.5, 0.6) is 0 Å². The van der Waals surface area contributed by atoms with Gasteiger partial charge < -0.3 is 24.6 Å². The van der Waals surface area contributed by atoms with Gasteiger partial charge in [-0.25, -0.2) is 14.2 Å². The fraction of sp³-hybridized carbons (Fsp3) is 0.545. The Balaban J connectivity index is 2.13. The average Bonchev–Trinajstić information content (AvgIpc) is 2.80. The van der Waals surface area contributed by atoms with Gasteiger partial charge in [-0.2, -0.15) is 0 Å². The first kappa shape index (κ1) is 18.5. The lowest BCUT2D eigenvalue weighted by Crippen LogP contribution is -2.37. The number of nitrogens with zero attached hydrogens (tertiary/aromatic N) is 1. The standard InChI is InChI=1S/C11H15N2O10P/c1-21-11(18)24(19,20)22-4-5-7(15)8(16)9(23-5)13-3-2-6(14)12-10(13)17/h2-3,5,7-9,15-16H,4H2,1H3,(H,19,20)(H,12,14,17)/t5-,7-,8-,9-/m1/s1. The number of methoxy groups -OCH3 is 1. The molecule has 1 aromatic rings. The van der Waals surface area contributed by atoms with E-state index in [0.717, 1.165) is 23.9 Å². The number of aliphatic hydroxyl groups is 2. The predicted molar refractivity (Wildman–Crippen MR) is 75.4 cm³/mol. The molecule has 12 nitrogen and oxygen atoms in total. The highest BCUT2D eigenvalue weighted by atomic mass is 31.2. The van der Waals surface area contributed by atoms with E-state index in [1.165, 1.54) is 0 Å². The summed E-state index contributed by atoms with van der Waals surface area (Å²) in [4.78, 5) is 45.0. The minimum Gasteiger partial charge on any atom is -0.460 e. The van der Waals surface area contributed by atoms with E-state index in [2.05, 4.69) is 9.26 Å². The molecule has 2 heterocycles. The van der Waals surface area contributed by atoms with Crippen molar-refractivity contribution in [2.24, 2.45) is 0 Å². The molecule has 0 aliphatic carbocycles. The third kappa shape index (κ3) is 3.64. The van der Waals surface area contributed by atoms with Gasteiger partial charge in [0.2, 0.25) is 0 Å².